The van der Waals surface area contributed by atoms with E-state index in [-0.39, 0.29) is 11.8 Å². The Morgan fingerprint density at radius 2 is 2.11 bits per heavy atom. The van der Waals surface area contributed by atoms with Crippen molar-refractivity contribution in [3.05, 3.63) is 76.2 Å². The molecule has 0 fully saturated rings. The Hall–Kier alpha value is -3.53. The number of aryl methyl sites for hydroxylation is 1. The Morgan fingerprint density at radius 1 is 1.26 bits per heavy atom. The fraction of sp³-hybridized carbons (Fsp3) is 0.286. The Labute approximate surface area is 230 Å². The molecule has 5 rings (SSSR count). The smallest absolute Gasteiger partial charge is 0.246 e. The maximum Gasteiger partial charge on any atom is 0.246 e. The van der Waals surface area contributed by atoms with Gasteiger partial charge in [0.2, 0.25) is 5.91 Å². The van der Waals surface area contributed by atoms with Crippen LogP contribution in [-0.4, -0.2) is 57.8 Å². The van der Waals surface area contributed by atoms with Gasteiger partial charge < -0.3 is 19.9 Å². The lowest BCUT2D eigenvalue weighted by atomic mass is 9.94. The van der Waals surface area contributed by atoms with E-state index in [0.717, 1.165) is 38.8 Å². The number of hydrogen-bond donors (Lipinski definition) is 1. The number of nitrogens with zero attached hydrogens (tertiary/aromatic N) is 5. The quantitative estimate of drug-likeness (QED) is 0.277. The zero-order valence-electron chi connectivity index (χ0n) is 21.7. The molecule has 1 aromatic carbocycles. The van der Waals surface area contributed by atoms with E-state index in [1.165, 1.54) is 5.56 Å². The van der Waals surface area contributed by atoms with Crippen LogP contribution in [-0.2, 0) is 11.3 Å². The van der Waals surface area contributed by atoms with Crippen LogP contribution in [0, 0.1) is 6.92 Å². The Bertz CT molecular complexity index is 1500. The number of likely N-dealkylation sites (N-methyl/N-ethyl adjacent to an activating group) is 1. The molecule has 4 heterocycles. The summed E-state index contributed by atoms with van der Waals surface area (Å²) in [5.74, 6) is 2.06. The van der Waals surface area contributed by atoms with E-state index in [2.05, 4.69) is 27.2 Å². The number of hydrogen-bond acceptors (Lipinski definition) is 8. The first kappa shape index (κ1) is 26.1. The fourth-order valence-corrected chi connectivity index (χ4v) is 5.97. The Balaban J connectivity index is 1.38. The monoisotopic (exact) mass is 548 g/mol. The lowest BCUT2D eigenvalue weighted by Crippen LogP contribution is -2.36. The van der Waals surface area contributed by atoms with Crippen molar-refractivity contribution in [3.8, 4) is 11.5 Å². The topological polar surface area (TPSA) is 83.5 Å². The van der Waals surface area contributed by atoms with E-state index < -0.39 is 0 Å². The average Bonchev–Trinajstić information content (AvgIpc) is 3.27. The van der Waals surface area contributed by atoms with Gasteiger partial charge in [-0.3, -0.25) is 9.78 Å². The predicted molar refractivity (Wildman–Crippen MR) is 153 cm³/mol. The van der Waals surface area contributed by atoms with Gasteiger partial charge in [-0.1, -0.05) is 24.6 Å². The zero-order valence-corrected chi connectivity index (χ0v) is 23.3. The van der Waals surface area contributed by atoms with Gasteiger partial charge >= 0.3 is 0 Å². The molecule has 1 aliphatic rings. The number of rotatable bonds is 7. The molecular weight excluding hydrogens is 520 g/mol. The maximum atomic E-state index is 12.8. The molecule has 0 bridgehead atoms. The molecule has 1 atom stereocenters. The average molecular weight is 549 g/mol. The second kappa shape index (κ2) is 11.1. The SMILES string of the molecule is Cc1ccc(Oc2ccc(Nc3ncnc4sc5c(c34)C(C)CN(C(=O)/C=C/CN(C)C)C5)cc2Cl)cn1. The van der Waals surface area contributed by atoms with Gasteiger partial charge in [-0.05, 0) is 56.9 Å². The number of carbonyl (C=O) groups excluding carboxylic acids is 1. The molecule has 0 spiro atoms. The fourth-order valence-electron chi connectivity index (χ4n) is 4.47. The van der Waals surface area contributed by atoms with Crippen LogP contribution in [0.1, 0.15) is 29.0 Å². The number of anilines is 2. The molecule has 38 heavy (non-hydrogen) atoms. The van der Waals surface area contributed by atoms with Gasteiger partial charge in [-0.15, -0.1) is 11.3 Å². The van der Waals surface area contributed by atoms with Crippen LogP contribution in [0.25, 0.3) is 10.2 Å². The highest BCUT2D eigenvalue weighted by atomic mass is 35.5. The molecule has 0 saturated heterocycles. The van der Waals surface area contributed by atoms with E-state index in [4.69, 9.17) is 16.3 Å². The van der Waals surface area contributed by atoms with E-state index in [9.17, 15) is 4.79 Å². The van der Waals surface area contributed by atoms with E-state index in [1.54, 1.807) is 29.9 Å². The standard InChI is InChI=1S/C28H29ClN6O2S/c1-17-14-35(24(36)6-5-11-34(3)4)15-23-25(17)26-27(31-16-32-28(26)38-23)33-19-8-10-22(21(29)12-19)37-20-9-7-18(2)30-13-20/h5-10,12-13,16-17H,11,14-15H2,1-4H3,(H,31,32,33)/b6-5+. The molecule has 4 aromatic rings. The largest absolute Gasteiger partial charge is 0.454 e. The van der Waals surface area contributed by atoms with Crippen LogP contribution in [0.4, 0.5) is 11.5 Å². The number of aromatic nitrogens is 3. The number of carbonyl (C=O) groups is 1. The third kappa shape index (κ3) is 5.65. The van der Waals surface area contributed by atoms with Crippen LogP contribution in [0.15, 0.2) is 55.0 Å². The molecular formula is C28H29ClN6O2S. The molecule has 1 N–H and O–H groups in total. The van der Waals surface area contributed by atoms with E-state index in [1.807, 2.05) is 67.2 Å². The summed E-state index contributed by atoms with van der Waals surface area (Å²) in [6, 6.07) is 9.29. The zero-order chi connectivity index (χ0) is 26.8. The lowest BCUT2D eigenvalue weighted by Gasteiger charge is -2.30. The summed E-state index contributed by atoms with van der Waals surface area (Å²) in [5, 5.41) is 4.89. The highest BCUT2D eigenvalue weighted by Crippen LogP contribution is 2.43. The molecule has 0 aliphatic carbocycles. The summed E-state index contributed by atoms with van der Waals surface area (Å²) in [6.45, 7) is 6.01. The normalized spacial score (nSPS) is 15.3. The van der Waals surface area contributed by atoms with E-state index in [0.29, 0.717) is 29.6 Å². The van der Waals surface area contributed by atoms with Crippen molar-refractivity contribution in [1.82, 2.24) is 24.8 Å². The van der Waals surface area contributed by atoms with Gasteiger partial charge in [-0.25, -0.2) is 9.97 Å². The number of fused-ring (bicyclic) bond motifs is 3. The molecule has 1 unspecified atom stereocenters. The van der Waals surface area contributed by atoms with Crippen molar-refractivity contribution >= 4 is 50.6 Å². The van der Waals surface area contributed by atoms with Crippen LogP contribution >= 0.6 is 22.9 Å². The number of amides is 1. The van der Waals surface area contributed by atoms with Gasteiger partial charge in [-0.2, -0.15) is 0 Å². The first-order valence-corrected chi connectivity index (χ1v) is 13.5. The minimum Gasteiger partial charge on any atom is -0.454 e. The summed E-state index contributed by atoms with van der Waals surface area (Å²) < 4.78 is 5.90. The molecule has 10 heteroatoms. The number of pyridine rings is 1. The second-order valence-corrected chi connectivity index (χ2v) is 11.1. The van der Waals surface area contributed by atoms with E-state index >= 15 is 0 Å². The van der Waals surface area contributed by atoms with Crippen molar-refractivity contribution in [1.29, 1.82) is 0 Å². The number of ether oxygens (including phenoxy) is 1. The Kier molecular flexibility index (Phi) is 7.60. The third-order valence-electron chi connectivity index (χ3n) is 6.27. The van der Waals surface area contributed by atoms with Gasteiger partial charge in [0.15, 0.2) is 0 Å². The second-order valence-electron chi connectivity index (χ2n) is 9.63. The minimum absolute atomic E-state index is 0.0320. The third-order valence-corrected chi connectivity index (χ3v) is 7.67. The molecule has 1 amide bonds. The van der Waals surface area contributed by atoms with Crippen molar-refractivity contribution < 1.29 is 9.53 Å². The highest BCUT2D eigenvalue weighted by Gasteiger charge is 2.30. The highest BCUT2D eigenvalue weighted by molar-refractivity contribution is 7.19. The lowest BCUT2D eigenvalue weighted by molar-refractivity contribution is -0.127. The predicted octanol–water partition coefficient (Wildman–Crippen LogP) is 6.15. The first-order valence-electron chi connectivity index (χ1n) is 12.3. The Morgan fingerprint density at radius 3 is 2.84 bits per heavy atom. The van der Waals surface area contributed by atoms with Gasteiger partial charge in [0.1, 0.15) is 28.5 Å². The summed E-state index contributed by atoms with van der Waals surface area (Å²) in [7, 11) is 3.96. The van der Waals surface area contributed by atoms with Crippen molar-refractivity contribution in [2.75, 3.05) is 32.5 Å². The summed E-state index contributed by atoms with van der Waals surface area (Å²) >= 11 is 8.17. The van der Waals surface area contributed by atoms with Crippen LogP contribution < -0.4 is 10.1 Å². The number of thiophene rings is 1. The van der Waals surface area contributed by atoms with Crippen molar-refractivity contribution in [2.45, 2.75) is 26.3 Å². The van der Waals surface area contributed by atoms with Crippen molar-refractivity contribution in [2.24, 2.45) is 0 Å². The van der Waals surface area contributed by atoms with Gasteiger partial charge in [0.25, 0.3) is 0 Å². The molecule has 0 saturated carbocycles. The minimum atomic E-state index is 0.0320. The number of nitrogens with one attached hydrogen (secondary N) is 1. The van der Waals surface area contributed by atoms with Crippen molar-refractivity contribution in [3.63, 3.8) is 0 Å². The maximum absolute atomic E-state index is 12.8. The molecule has 196 valence electrons. The first-order chi connectivity index (χ1) is 18.3. The molecule has 8 nitrogen and oxygen atoms in total. The van der Waals surface area contributed by atoms with Gasteiger partial charge in [0.05, 0.1) is 23.2 Å². The summed E-state index contributed by atoms with van der Waals surface area (Å²) in [5.41, 5.74) is 2.91. The summed E-state index contributed by atoms with van der Waals surface area (Å²) in [6.07, 6.45) is 6.81. The summed E-state index contributed by atoms with van der Waals surface area (Å²) in [4.78, 5) is 32.1. The van der Waals surface area contributed by atoms with Gasteiger partial charge in [0, 0.05) is 41.3 Å². The number of benzene rings is 1. The molecule has 3 aromatic heterocycles. The molecule has 1 aliphatic heterocycles. The van der Waals surface area contributed by atoms with Crippen LogP contribution in [0.2, 0.25) is 5.02 Å². The number of halogens is 1. The van der Waals surface area contributed by atoms with Crippen LogP contribution in [0.5, 0.6) is 11.5 Å². The molecule has 0 radical (unpaired) electrons. The van der Waals surface area contributed by atoms with Crippen LogP contribution in [0.3, 0.4) is 0 Å².